The second-order valence-electron chi connectivity index (χ2n) is 6.79. The molecule has 4 atom stereocenters. The van der Waals surface area contributed by atoms with E-state index in [0.29, 0.717) is 12.8 Å². The number of likely N-dealkylation sites (tertiary alicyclic amines) is 1. The molecule has 6 heteroatoms. The lowest BCUT2D eigenvalue weighted by Gasteiger charge is -2.32. The van der Waals surface area contributed by atoms with Gasteiger partial charge in [-0.3, -0.25) is 4.90 Å². The summed E-state index contributed by atoms with van der Waals surface area (Å²) in [7, 11) is 0. The van der Waals surface area contributed by atoms with Crippen molar-refractivity contribution in [3.8, 4) is 0 Å². The highest BCUT2D eigenvalue weighted by atomic mass is 16.6. The minimum absolute atomic E-state index is 0.0463. The largest absolute Gasteiger partial charge is 0.464 e. The molecule has 21 heavy (non-hydrogen) atoms. The second kappa shape index (κ2) is 5.83. The number of aliphatic hydroxyl groups is 1. The van der Waals surface area contributed by atoms with Crippen LogP contribution in [0.4, 0.5) is 4.79 Å². The third-order valence-electron chi connectivity index (χ3n) is 4.06. The number of aliphatic hydroxyl groups excluding tert-OH is 1. The van der Waals surface area contributed by atoms with Gasteiger partial charge < -0.3 is 14.6 Å². The Balaban J connectivity index is 2.24. The zero-order valence-corrected chi connectivity index (χ0v) is 13.2. The van der Waals surface area contributed by atoms with E-state index in [1.54, 1.807) is 27.7 Å². The van der Waals surface area contributed by atoms with Gasteiger partial charge in [0.25, 0.3) is 0 Å². The topological polar surface area (TPSA) is 76.1 Å². The van der Waals surface area contributed by atoms with Crippen LogP contribution in [0.1, 0.15) is 47.0 Å². The molecule has 1 amide bonds. The zero-order valence-electron chi connectivity index (χ0n) is 13.2. The van der Waals surface area contributed by atoms with Crippen LogP contribution in [0.3, 0.4) is 0 Å². The van der Waals surface area contributed by atoms with E-state index in [4.69, 9.17) is 9.47 Å². The molecular weight excluding hydrogens is 274 g/mol. The highest BCUT2D eigenvalue weighted by molar-refractivity contribution is 5.83. The summed E-state index contributed by atoms with van der Waals surface area (Å²) in [5, 5.41) is 10.1. The number of carbonyl (C=O) groups is 2. The molecule has 1 aliphatic heterocycles. The fourth-order valence-electron chi connectivity index (χ4n) is 3.28. The number of hydrogen-bond donors (Lipinski definition) is 1. The SMILES string of the molecule is CCOC(=O)[C@@H]1[C@@H]2CC[C@@H](O)[C@@H](C2)N1C(=O)OC(C)(C)C. The zero-order chi connectivity index (χ0) is 15.8. The molecule has 2 bridgehead atoms. The van der Waals surface area contributed by atoms with Gasteiger partial charge in [0.05, 0.1) is 18.8 Å². The van der Waals surface area contributed by atoms with Crippen LogP contribution >= 0.6 is 0 Å². The first-order valence-corrected chi connectivity index (χ1v) is 7.60. The average molecular weight is 299 g/mol. The first-order valence-electron chi connectivity index (χ1n) is 7.60. The van der Waals surface area contributed by atoms with Gasteiger partial charge in [-0.05, 0) is 52.9 Å². The van der Waals surface area contributed by atoms with Crippen LogP contribution in [0.2, 0.25) is 0 Å². The number of nitrogens with zero attached hydrogens (tertiary/aromatic N) is 1. The van der Waals surface area contributed by atoms with Gasteiger partial charge >= 0.3 is 12.1 Å². The van der Waals surface area contributed by atoms with Crippen molar-refractivity contribution < 1.29 is 24.2 Å². The normalized spacial score (nSPS) is 32.0. The Labute approximate surface area is 125 Å². The molecule has 1 N–H and O–H groups in total. The monoisotopic (exact) mass is 299 g/mol. The predicted molar refractivity (Wildman–Crippen MR) is 75.6 cm³/mol. The lowest BCUT2D eigenvalue weighted by Crippen LogP contribution is -2.50. The highest BCUT2D eigenvalue weighted by Gasteiger charge is 2.54. The van der Waals surface area contributed by atoms with Gasteiger partial charge in [-0.2, -0.15) is 0 Å². The Bertz CT molecular complexity index is 417. The Morgan fingerprint density at radius 2 is 1.95 bits per heavy atom. The number of carbonyl (C=O) groups excluding carboxylic acids is 2. The number of fused-ring (bicyclic) bond motifs is 2. The molecule has 0 unspecified atom stereocenters. The number of rotatable bonds is 2. The first-order chi connectivity index (χ1) is 9.74. The van der Waals surface area contributed by atoms with Crippen molar-refractivity contribution in [3.05, 3.63) is 0 Å². The molecule has 2 rings (SSSR count). The molecule has 120 valence electrons. The predicted octanol–water partition coefficient (Wildman–Crippen LogP) is 1.70. The fourth-order valence-corrected chi connectivity index (χ4v) is 3.28. The summed E-state index contributed by atoms with van der Waals surface area (Å²) < 4.78 is 10.5. The molecule has 1 saturated carbocycles. The number of esters is 1. The maximum absolute atomic E-state index is 12.5. The van der Waals surface area contributed by atoms with Gasteiger partial charge in [-0.1, -0.05) is 0 Å². The minimum atomic E-state index is -0.641. The molecule has 6 nitrogen and oxygen atoms in total. The Kier molecular flexibility index (Phi) is 4.46. The summed E-state index contributed by atoms with van der Waals surface area (Å²) in [6.45, 7) is 7.36. The third kappa shape index (κ3) is 3.31. The number of amides is 1. The van der Waals surface area contributed by atoms with Crippen LogP contribution < -0.4 is 0 Å². The van der Waals surface area contributed by atoms with E-state index < -0.39 is 29.8 Å². The average Bonchev–Trinajstić information content (AvgIpc) is 2.67. The lowest BCUT2D eigenvalue weighted by atomic mass is 9.85. The van der Waals surface area contributed by atoms with Gasteiger partial charge in [-0.15, -0.1) is 0 Å². The van der Waals surface area contributed by atoms with Crippen LogP contribution in [0, 0.1) is 5.92 Å². The quantitative estimate of drug-likeness (QED) is 0.785. The van der Waals surface area contributed by atoms with E-state index >= 15 is 0 Å². The summed E-state index contributed by atoms with van der Waals surface area (Å²) in [6, 6.07) is -0.991. The third-order valence-corrected chi connectivity index (χ3v) is 4.06. The van der Waals surface area contributed by atoms with Crippen LogP contribution in [-0.4, -0.2) is 52.5 Å². The second-order valence-corrected chi connectivity index (χ2v) is 6.79. The van der Waals surface area contributed by atoms with Crippen molar-refractivity contribution >= 4 is 12.1 Å². The van der Waals surface area contributed by atoms with Crippen molar-refractivity contribution in [2.24, 2.45) is 5.92 Å². The van der Waals surface area contributed by atoms with Crippen molar-refractivity contribution in [2.45, 2.75) is 70.7 Å². The molecule has 0 radical (unpaired) electrons. The first kappa shape index (κ1) is 16.1. The van der Waals surface area contributed by atoms with Crippen molar-refractivity contribution in [2.75, 3.05) is 6.61 Å². The van der Waals surface area contributed by atoms with Gasteiger partial charge in [0, 0.05) is 0 Å². The van der Waals surface area contributed by atoms with E-state index in [1.807, 2.05) is 0 Å². The molecule has 0 aromatic heterocycles. The highest BCUT2D eigenvalue weighted by Crippen LogP contribution is 2.41. The fraction of sp³-hybridized carbons (Fsp3) is 0.867. The number of ether oxygens (including phenoxy) is 2. The molecule has 0 spiro atoms. The van der Waals surface area contributed by atoms with Crippen molar-refractivity contribution in [1.82, 2.24) is 4.90 Å². The molecule has 1 aliphatic carbocycles. The molecule has 1 heterocycles. The molecular formula is C15H25NO5. The van der Waals surface area contributed by atoms with E-state index in [9.17, 15) is 14.7 Å². The summed E-state index contributed by atoms with van der Waals surface area (Å²) in [6.07, 6.45) is 0.803. The summed E-state index contributed by atoms with van der Waals surface area (Å²) >= 11 is 0. The lowest BCUT2D eigenvalue weighted by molar-refractivity contribution is -0.150. The van der Waals surface area contributed by atoms with Gasteiger partial charge in [0.2, 0.25) is 0 Å². The van der Waals surface area contributed by atoms with Crippen molar-refractivity contribution in [3.63, 3.8) is 0 Å². The molecule has 2 fully saturated rings. The van der Waals surface area contributed by atoms with Gasteiger partial charge in [0.1, 0.15) is 11.6 Å². The Hall–Kier alpha value is -1.30. The van der Waals surface area contributed by atoms with E-state index in [-0.39, 0.29) is 18.6 Å². The van der Waals surface area contributed by atoms with Crippen LogP contribution in [0.25, 0.3) is 0 Å². The van der Waals surface area contributed by atoms with Crippen LogP contribution in [-0.2, 0) is 14.3 Å². The Morgan fingerprint density at radius 3 is 2.52 bits per heavy atom. The summed E-state index contributed by atoms with van der Waals surface area (Å²) in [4.78, 5) is 26.1. The maximum atomic E-state index is 12.5. The van der Waals surface area contributed by atoms with Gasteiger partial charge in [-0.25, -0.2) is 9.59 Å². The standard InChI is InChI=1S/C15H25NO5/c1-5-20-13(18)12-9-6-7-11(17)10(8-9)16(12)14(19)21-15(2,3)4/h9-12,17H,5-8H2,1-4H3/t9-,10-,11-,12+/m1/s1. The van der Waals surface area contributed by atoms with E-state index in [2.05, 4.69) is 0 Å². The molecule has 0 aromatic rings. The maximum Gasteiger partial charge on any atom is 0.411 e. The molecule has 2 aliphatic rings. The number of hydrogen-bond acceptors (Lipinski definition) is 5. The molecule has 0 aromatic carbocycles. The summed E-state index contributed by atoms with van der Waals surface area (Å²) in [5.74, 6) is -0.352. The Morgan fingerprint density at radius 1 is 1.29 bits per heavy atom. The van der Waals surface area contributed by atoms with Gasteiger partial charge in [0.15, 0.2) is 0 Å². The smallest absolute Gasteiger partial charge is 0.411 e. The van der Waals surface area contributed by atoms with Crippen molar-refractivity contribution in [1.29, 1.82) is 0 Å². The minimum Gasteiger partial charge on any atom is -0.464 e. The van der Waals surface area contributed by atoms with E-state index in [1.165, 1.54) is 4.90 Å². The van der Waals surface area contributed by atoms with Crippen LogP contribution in [0.5, 0.6) is 0 Å². The van der Waals surface area contributed by atoms with E-state index in [0.717, 1.165) is 6.42 Å². The summed E-state index contributed by atoms with van der Waals surface area (Å²) in [5.41, 5.74) is -0.641. The molecule has 1 saturated heterocycles. The van der Waals surface area contributed by atoms with Crippen LogP contribution in [0.15, 0.2) is 0 Å².